The van der Waals surface area contributed by atoms with E-state index in [1.807, 2.05) is 0 Å². The highest BCUT2D eigenvalue weighted by atomic mass is 16.7. The van der Waals surface area contributed by atoms with E-state index in [-0.39, 0.29) is 18.3 Å². The first-order valence-corrected chi connectivity index (χ1v) is 9.36. The molecular weight excluding hydrogens is 317 g/mol. The van der Waals surface area contributed by atoms with Gasteiger partial charge in [-0.1, -0.05) is 38.1 Å². The molecule has 0 amide bonds. The van der Waals surface area contributed by atoms with E-state index in [1.54, 1.807) is 0 Å². The minimum Gasteiger partial charge on any atom is -0.407 e. The predicted molar refractivity (Wildman–Crippen MR) is 96.7 cm³/mol. The number of piperidine rings is 1. The van der Waals surface area contributed by atoms with Crippen LogP contribution < -0.4 is 5.46 Å². The van der Waals surface area contributed by atoms with E-state index in [2.05, 4.69) is 43.0 Å². The fourth-order valence-corrected chi connectivity index (χ4v) is 3.82. The maximum Gasteiger partial charge on any atom is 0.493 e. The van der Waals surface area contributed by atoms with Gasteiger partial charge in [-0.2, -0.15) is 0 Å². The molecule has 25 heavy (non-hydrogen) atoms. The van der Waals surface area contributed by atoms with Gasteiger partial charge in [-0.25, -0.2) is 0 Å². The van der Waals surface area contributed by atoms with Crippen molar-refractivity contribution in [2.24, 2.45) is 5.41 Å². The monoisotopic (exact) mass is 345 g/mol. The summed E-state index contributed by atoms with van der Waals surface area (Å²) in [6.07, 6.45) is 1.91. The number of likely N-dealkylation sites (tertiary alicyclic amines) is 1. The summed E-state index contributed by atoms with van der Waals surface area (Å²) < 4.78 is 23.5. The lowest BCUT2D eigenvalue weighted by Crippen LogP contribution is -2.47. The third kappa shape index (κ3) is 4.09. The van der Waals surface area contributed by atoms with Crippen LogP contribution in [0.15, 0.2) is 24.3 Å². The molecule has 3 heterocycles. The van der Waals surface area contributed by atoms with Crippen molar-refractivity contribution in [1.29, 1.82) is 0 Å². The fourth-order valence-electron chi connectivity index (χ4n) is 3.82. The Kier molecular flexibility index (Phi) is 4.90. The van der Waals surface area contributed by atoms with Crippen molar-refractivity contribution in [2.75, 3.05) is 39.5 Å². The SMILES string of the molecule is CC1(C)COB(c2cccc(CN3CCC4(CC3)OCCO4)c2)OC1. The van der Waals surface area contributed by atoms with Gasteiger partial charge in [-0.3, -0.25) is 4.90 Å². The summed E-state index contributed by atoms with van der Waals surface area (Å²) in [5.74, 6) is -0.297. The lowest BCUT2D eigenvalue weighted by Gasteiger charge is -2.37. The second-order valence-corrected chi connectivity index (χ2v) is 8.25. The second-order valence-electron chi connectivity index (χ2n) is 8.25. The molecule has 0 atom stereocenters. The lowest BCUT2D eigenvalue weighted by atomic mass is 9.75. The minimum absolute atomic E-state index is 0.0995. The largest absolute Gasteiger partial charge is 0.493 e. The van der Waals surface area contributed by atoms with Crippen molar-refractivity contribution in [3.8, 4) is 0 Å². The summed E-state index contributed by atoms with van der Waals surface area (Å²) in [4.78, 5) is 2.47. The number of benzene rings is 1. The van der Waals surface area contributed by atoms with Crippen molar-refractivity contribution < 1.29 is 18.8 Å². The molecule has 3 aliphatic rings. The zero-order chi connectivity index (χ0) is 17.3. The zero-order valence-corrected chi connectivity index (χ0v) is 15.3. The van der Waals surface area contributed by atoms with Crippen LogP contribution in [0.25, 0.3) is 0 Å². The van der Waals surface area contributed by atoms with Crippen LogP contribution in [0, 0.1) is 5.41 Å². The molecular formula is C19H28BNO4. The Morgan fingerprint density at radius 3 is 2.40 bits per heavy atom. The summed E-state index contributed by atoms with van der Waals surface area (Å²) in [7, 11) is -0.238. The van der Waals surface area contributed by atoms with E-state index in [9.17, 15) is 0 Å². The zero-order valence-electron chi connectivity index (χ0n) is 15.3. The Labute approximate surface area is 150 Å². The third-order valence-electron chi connectivity index (χ3n) is 5.31. The van der Waals surface area contributed by atoms with Crippen LogP contribution in [0.3, 0.4) is 0 Å². The first-order chi connectivity index (χ1) is 12.0. The number of hydrogen-bond acceptors (Lipinski definition) is 5. The predicted octanol–water partition coefficient (Wildman–Crippen LogP) is 1.79. The molecule has 3 fully saturated rings. The quantitative estimate of drug-likeness (QED) is 0.782. The van der Waals surface area contributed by atoms with Crippen LogP contribution >= 0.6 is 0 Å². The van der Waals surface area contributed by atoms with Gasteiger partial charge in [0.2, 0.25) is 0 Å². The molecule has 0 aliphatic carbocycles. The molecule has 1 aromatic carbocycles. The van der Waals surface area contributed by atoms with Gasteiger partial charge >= 0.3 is 7.12 Å². The molecule has 5 nitrogen and oxygen atoms in total. The molecule has 4 rings (SSSR count). The van der Waals surface area contributed by atoms with Gasteiger partial charge in [0.25, 0.3) is 0 Å². The van der Waals surface area contributed by atoms with Crippen LogP contribution in [0.1, 0.15) is 32.3 Å². The summed E-state index contributed by atoms with van der Waals surface area (Å²) in [6, 6.07) is 8.60. The molecule has 0 bridgehead atoms. The summed E-state index contributed by atoms with van der Waals surface area (Å²) in [5.41, 5.74) is 2.52. The summed E-state index contributed by atoms with van der Waals surface area (Å²) in [5, 5.41) is 0. The van der Waals surface area contributed by atoms with Crippen molar-refractivity contribution in [1.82, 2.24) is 4.90 Å². The van der Waals surface area contributed by atoms with Crippen LogP contribution in [-0.2, 0) is 25.3 Å². The van der Waals surface area contributed by atoms with Crippen LogP contribution in [-0.4, -0.2) is 57.3 Å². The van der Waals surface area contributed by atoms with Gasteiger partial charge in [0.05, 0.1) is 13.2 Å². The van der Waals surface area contributed by atoms with E-state index in [0.717, 1.165) is 64.4 Å². The van der Waals surface area contributed by atoms with Crippen molar-refractivity contribution in [3.63, 3.8) is 0 Å². The first-order valence-electron chi connectivity index (χ1n) is 9.36. The van der Waals surface area contributed by atoms with Crippen LogP contribution in [0.5, 0.6) is 0 Å². The van der Waals surface area contributed by atoms with Gasteiger partial charge in [-0.15, -0.1) is 0 Å². The average molecular weight is 345 g/mol. The van der Waals surface area contributed by atoms with E-state index in [0.29, 0.717) is 0 Å². The van der Waals surface area contributed by atoms with E-state index in [1.165, 1.54) is 5.56 Å². The molecule has 0 N–H and O–H groups in total. The number of rotatable bonds is 3. The molecule has 0 unspecified atom stereocenters. The van der Waals surface area contributed by atoms with Crippen LogP contribution in [0.2, 0.25) is 0 Å². The Morgan fingerprint density at radius 2 is 1.72 bits per heavy atom. The van der Waals surface area contributed by atoms with Gasteiger partial charge in [0, 0.05) is 51.1 Å². The summed E-state index contributed by atoms with van der Waals surface area (Å²) in [6.45, 7) is 10.2. The Balaban J connectivity index is 1.34. The highest BCUT2D eigenvalue weighted by Gasteiger charge is 2.39. The number of hydrogen-bond donors (Lipinski definition) is 0. The standard InChI is InChI=1S/C19H28BNO4/c1-18(2)14-24-20(25-15-18)17-5-3-4-16(12-17)13-21-8-6-19(7-9-21)22-10-11-23-19/h3-5,12H,6-11,13-15H2,1-2H3. The van der Waals surface area contributed by atoms with Crippen LogP contribution in [0.4, 0.5) is 0 Å². The molecule has 1 aromatic rings. The lowest BCUT2D eigenvalue weighted by molar-refractivity contribution is -0.185. The van der Waals surface area contributed by atoms with Gasteiger partial charge in [-0.05, 0) is 11.0 Å². The highest BCUT2D eigenvalue weighted by molar-refractivity contribution is 6.61. The smallest absolute Gasteiger partial charge is 0.407 e. The fraction of sp³-hybridized carbons (Fsp3) is 0.684. The van der Waals surface area contributed by atoms with Crippen molar-refractivity contribution in [3.05, 3.63) is 29.8 Å². The molecule has 136 valence electrons. The second kappa shape index (κ2) is 7.01. The maximum atomic E-state index is 5.92. The Hall–Kier alpha value is -0.915. The minimum atomic E-state index is -0.297. The number of nitrogens with zero attached hydrogens (tertiary/aromatic N) is 1. The van der Waals surface area contributed by atoms with Gasteiger partial charge in [0.15, 0.2) is 5.79 Å². The molecule has 1 spiro atoms. The summed E-state index contributed by atoms with van der Waals surface area (Å²) >= 11 is 0. The highest BCUT2D eigenvalue weighted by Crippen LogP contribution is 2.31. The van der Waals surface area contributed by atoms with Crippen molar-refractivity contribution >= 4 is 12.6 Å². The van der Waals surface area contributed by atoms with Gasteiger partial charge in [0.1, 0.15) is 0 Å². The van der Waals surface area contributed by atoms with E-state index < -0.39 is 0 Å². The Morgan fingerprint density at radius 1 is 1.04 bits per heavy atom. The normalized spacial score (nSPS) is 26.2. The topological polar surface area (TPSA) is 40.2 Å². The van der Waals surface area contributed by atoms with Crippen molar-refractivity contribution in [2.45, 2.75) is 39.0 Å². The number of ether oxygens (including phenoxy) is 2. The average Bonchev–Trinajstić information content (AvgIpc) is 3.06. The first kappa shape index (κ1) is 17.5. The molecule has 3 aliphatic heterocycles. The Bertz CT molecular complexity index is 583. The van der Waals surface area contributed by atoms with E-state index >= 15 is 0 Å². The molecule has 6 heteroatoms. The third-order valence-corrected chi connectivity index (χ3v) is 5.31. The molecule has 0 aromatic heterocycles. The maximum absolute atomic E-state index is 5.92. The van der Waals surface area contributed by atoms with Gasteiger partial charge < -0.3 is 18.8 Å². The van der Waals surface area contributed by atoms with E-state index in [4.69, 9.17) is 18.8 Å². The molecule has 3 saturated heterocycles. The molecule has 0 radical (unpaired) electrons. The molecule has 0 saturated carbocycles.